The molecule has 2 rings (SSSR count). The maximum atomic E-state index is 13.9. The van der Waals surface area contributed by atoms with Gasteiger partial charge < -0.3 is 19.9 Å². The van der Waals surface area contributed by atoms with Gasteiger partial charge in [0, 0.05) is 44.2 Å². The number of aliphatic hydroxyl groups is 1. The Kier molecular flexibility index (Phi) is 4.96. The van der Waals surface area contributed by atoms with Crippen LogP contribution in [0.3, 0.4) is 0 Å². The molecular weight excluding hydrogens is 261 g/mol. The molecule has 0 radical (unpaired) electrons. The monoisotopic (exact) mass is 283 g/mol. The first-order chi connectivity index (χ1) is 9.56. The quantitative estimate of drug-likeness (QED) is 0.868. The molecule has 1 aliphatic heterocycles. The summed E-state index contributed by atoms with van der Waals surface area (Å²) in [7, 11) is 1.52. The van der Waals surface area contributed by atoms with Crippen LogP contribution in [0.4, 0.5) is 4.39 Å². The van der Waals surface area contributed by atoms with Crippen LogP contribution in [0.2, 0.25) is 0 Å². The highest BCUT2D eigenvalue weighted by atomic mass is 19.1. The lowest BCUT2D eigenvalue weighted by atomic mass is 9.93. The van der Waals surface area contributed by atoms with Crippen molar-refractivity contribution in [3.63, 3.8) is 0 Å². The van der Waals surface area contributed by atoms with E-state index in [0.29, 0.717) is 43.9 Å². The van der Waals surface area contributed by atoms with Crippen LogP contribution in [0.15, 0.2) is 18.2 Å². The first kappa shape index (κ1) is 15.2. The Morgan fingerprint density at radius 1 is 1.45 bits per heavy atom. The molecule has 20 heavy (non-hydrogen) atoms. The SMILES string of the molecule is COc1cccc(F)c1C(C)NCC1(O)CCOCC1. The Morgan fingerprint density at radius 2 is 2.15 bits per heavy atom. The molecule has 1 heterocycles. The number of halogens is 1. The second kappa shape index (κ2) is 6.52. The van der Waals surface area contributed by atoms with E-state index in [4.69, 9.17) is 9.47 Å². The minimum atomic E-state index is -0.773. The Balaban J connectivity index is 2.03. The van der Waals surface area contributed by atoms with E-state index in [9.17, 15) is 9.50 Å². The zero-order valence-electron chi connectivity index (χ0n) is 12.0. The van der Waals surface area contributed by atoms with E-state index < -0.39 is 5.60 Å². The van der Waals surface area contributed by atoms with Crippen molar-refractivity contribution in [1.29, 1.82) is 0 Å². The second-order valence-electron chi connectivity index (χ2n) is 5.30. The van der Waals surface area contributed by atoms with Gasteiger partial charge in [0.05, 0.1) is 12.7 Å². The third-order valence-electron chi connectivity index (χ3n) is 3.83. The maximum absolute atomic E-state index is 13.9. The predicted octanol–water partition coefficient (Wildman–Crippen LogP) is 2.03. The largest absolute Gasteiger partial charge is 0.496 e. The van der Waals surface area contributed by atoms with Gasteiger partial charge in [0.2, 0.25) is 0 Å². The summed E-state index contributed by atoms with van der Waals surface area (Å²) < 4.78 is 24.4. The highest BCUT2D eigenvalue weighted by Crippen LogP contribution is 2.28. The fourth-order valence-corrected chi connectivity index (χ4v) is 2.49. The highest BCUT2D eigenvalue weighted by Gasteiger charge is 2.30. The van der Waals surface area contributed by atoms with E-state index in [2.05, 4.69) is 5.32 Å². The summed E-state index contributed by atoms with van der Waals surface area (Å²) >= 11 is 0. The minimum Gasteiger partial charge on any atom is -0.496 e. The zero-order chi connectivity index (χ0) is 14.6. The van der Waals surface area contributed by atoms with Crippen LogP contribution < -0.4 is 10.1 Å². The van der Waals surface area contributed by atoms with Crippen molar-refractivity contribution in [3.8, 4) is 5.75 Å². The van der Waals surface area contributed by atoms with Gasteiger partial charge in [-0.1, -0.05) is 6.07 Å². The van der Waals surface area contributed by atoms with Crippen LogP contribution in [-0.4, -0.2) is 37.6 Å². The molecule has 1 saturated heterocycles. The molecule has 112 valence electrons. The highest BCUT2D eigenvalue weighted by molar-refractivity contribution is 5.36. The first-order valence-electron chi connectivity index (χ1n) is 6.92. The molecule has 1 fully saturated rings. The molecule has 0 bridgehead atoms. The second-order valence-corrected chi connectivity index (χ2v) is 5.30. The minimum absolute atomic E-state index is 0.238. The van der Waals surface area contributed by atoms with Gasteiger partial charge >= 0.3 is 0 Å². The van der Waals surface area contributed by atoms with Crippen molar-refractivity contribution in [2.75, 3.05) is 26.9 Å². The summed E-state index contributed by atoms with van der Waals surface area (Å²) in [5.41, 5.74) is -0.281. The van der Waals surface area contributed by atoms with Crippen LogP contribution in [0, 0.1) is 5.82 Å². The third kappa shape index (κ3) is 3.48. The molecule has 5 heteroatoms. The molecule has 1 aliphatic rings. The van der Waals surface area contributed by atoms with E-state index in [1.807, 2.05) is 6.92 Å². The summed E-state index contributed by atoms with van der Waals surface area (Å²) in [5, 5.41) is 13.6. The summed E-state index contributed by atoms with van der Waals surface area (Å²) in [5.74, 6) is 0.215. The Labute approximate surface area is 118 Å². The molecule has 0 aliphatic carbocycles. The van der Waals surface area contributed by atoms with Crippen molar-refractivity contribution in [2.45, 2.75) is 31.4 Å². The number of methoxy groups -OCH3 is 1. The lowest BCUT2D eigenvalue weighted by Crippen LogP contribution is -2.45. The van der Waals surface area contributed by atoms with Gasteiger partial charge in [0.25, 0.3) is 0 Å². The molecule has 1 atom stereocenters. The molecule has 2 N–H and O–H groups in total. The lowest BCUT2D eigenvalue weighted by molar-refractivity contribution is -0.0626. The van der Waals surface area contributed by atoms with Crippen molar-refractivity contribution in [2.24, 2.45) is 0 Å². The lowest BCUT2D eigenvalue weighted by Gasteiger charge is -2.33. The van der Waals surface area contributed by atoms with Gasteiger partial charge in [-0.2, -0.15) is 0 Å². The Bertz CT molecular complexity index is 447. The molecule has 1 unspecified atom stereocenters. The van der Waals surface area contributed by atoms with Crippen LogP contribution in [0.25, 0.3) is 0 Å². The van der Waals surface area contributed by atoms with Gasteiger partial charge in [-0.25, -0.2) is 4.39 Å². The van der Waals surface area contributed by atoms with Crippen LogP contribution >= 0.6 is 0 Å². The third-order valence-corrected chi connectivity index (χ3v) is 3.83. The topological polar surface area (TPSA) is 50.7 Å². The van der Waals surface area contributed by atoms with Gasteiger partial charge in [-0.3, -0.25) is 0 Å². The Morgan fingerprint density at radius 3 is 2.80 bits per heavy atom. The fourth-order valence-electron chi connectivity index (χ4n) is 2.49. The molecule has 0 amide bonds. The first-order valence-corrected chi connectivity index (χ1v) is 6.92. The van der Waals surface area contributed by atoms with E-state index in [1.165, 1.54) is 13.2 Å². The van der Waals surface area contributed by atoms with Crippen molar-refractivity contribution in [3.05, 3.63) is 29.6 Å². The van der Waals surface area contributed by atoms with Crippen LogP contribution in [-0.2, 0) is 4.74 Å². The van der Waals surface area contributed by atoms with Crippen LogP contribution in [0.1, 0.15) is 31.4 Å². The van der Waals surface area contributed by atoms with E-state index in [-0.39, 0.29) is 11.9 Å². The van der Waals surface area contributed by atoms with Crippen LogP contribution in [0.5, 0.6) is 5.75 Å². The molecule has 0 saturated carbocycles. The fraction of sp³-hybridized carbons (Fsp3) is 0.600. The number of benzene rings is 1. The smallest absolute Gasteiger partial charge is 0.131 e. The van der Waals surface area contributed by atoms with Gasteiger partial charge in [-0.05, 0) is 19.1 Å². The standard InChI is InChI=1S/C15H22FNO3/c1-11(14-12(16)4-3-5-13(14)19-2)17-10-15(18)6-8-20-9-7-15/h3-5,11,17-18H,6-10H2,1-2H3. The molecule has 0 spiro atoms. The summed E-state index contributed by atoms with van der Waals surface area (Å²) in [6.07, 6.45) is 1.20. The average Bonchev–Trinajstić information content (AvgIpc) is 2.45. The number of hydrogen-bond donors (Lipinski definition) is 2. The molecule has 4 nitrogen and oxygen atoms in total. The van der Waals surface area contributed by atoms with Gasteiger partial charge in [0.15, 0.2) is 0 Å². The van der Waals surface area contributed by atoms with Crippen molar-refractivity contribution in [1.82, 2.24) is 5.32 Å². The molecule has 0 aromatic heterocycles. The molecular formula is C15H22FNO3. The Hall–Kier alpha value is -1.17. The number of rotatable bonds is 5. The number of hydrogen-bond acceptors (Lipinski definition) is 4. The van der Waals surface area contributed by atoms with Crippen molar-refractivity contribution >= 4 is 0 Å². The maximum Gasteiger partial charge on any atom is 0.131 e. The summed E-state index contributed by atoms with van der Waals surface area (Å²) in [4.78, 5) is 0. The molecule has 1 aromatic rings. The van der Waals surface area contributed by atoms with E-state index >= 15 is 0 Å². The van der Waals surface area contributed by atoms with E-state index in [1.54, 1.807) is 12.1 Å². The number of ether oxygens (including phenoxy) is 2. The summed E-state index contributed by atoms with van der Waals surface area (Å²) in [6.45, 7) is 3.41. The predicted molar refractivity (Wildman–Crippen MR) is 74.4 cm³/mol. The van der Waals surface area contributed by atoms with Gasteiger partial charge in [-0.15, -0.1) is 0 Å². The van der Waals surface area contributed by atoms with E-state index in [0.717, 1.165) is 0 Å². The summed E-state index contributed by atoms with van der Waals surface area (Å²) in [6, 6.07) is 4.54. The normalized spacial score (nSPS) is 19.6. The average molecular weight is 283 g/mol. The molecule has 1 aromatic carbocycles. The van der Waals surface area contributed by atoms with Crippen molar-refractivity contribution < 1.29 is 19.0 Å². The van der Waals surface area contributed by atoms with Gasteiger partial charge in [0.1, 0.15) is 11.6 Å². The number of nitrogens with one attached hydrogen (secondary N) is 1. The zero-order valence-corrected chi connectivity index (χ0v) is 12.0.